The first-order chi connectivity index (χ1) is 9.15. The normalized spacial score (nSPS) is 18.7. The van der Waals surface area contributed by atoms with E-state index in [1.54, 1.807) is 6.20 Å². The average Bonchev–Trinajstić information content (AvgIpc) is 2.95. The summed E-state index contributed by atoms with van der Waals surface area (Å²) in [4.78, 5) is 10.7. The van der Waals surface area contributed by atoms with Crippen molar-refractivity contribution in [3.05, 3.63) is 45.4 Å². The molecule has 4 nitrogen and oxygen atoms in total. The number of aromatic nitrogens is 1. The third-order valence-electron chi connectivity index (χ3n) is 3.04. The van der Waals surface area contributed by atoms with Crippen molar-refractivity contribution in [3.8, 4) is 0 Å². The molecule has 3 rings (SSSR count). The predicted molar refractivity (Wildman–Crippen MR) is 80.0 cm³/mol. The van der Waals surface area contributed by atoms with Crippen molar-refractivity contribution in [2.75, 3.05) is 11.4 Å². The van der Waals surface area contributed by atoms with Gasteiger partial charge in [-0.2, -0.15) is 0 Å². The Morgan fingerprint density at radius 3 is 3.00 bits per heavy atom. The molecule has 0 radical (unpaired) electrons. The van der Waals surface area contributed by atoms with E-state index in [4.69, 9.17) is 17.3 Å². The van der Waals surface area contributed by atoms with Gasteiger partial charge in [0.15, 0.2) is 5.96 Å². The van der Waals surface area contributed by atoms with Crippen LogP contribution in [0.5, 0.6) is 0 Å². The summed E-state index contributed by atoms with van der Waals surface area (Å²) in [6, 6.07) is 8.24. The lowest BCUT2D eigenvalue weighted by molar-refractivity contribution is 0.760. The molecule has 0 bridgehead atoms. The van der Waals surface area contributed by atoms with Crippen LogP contribution in [0.15, 0.2) is 35.5 Å². The van der Waals surface area contributed by atoms with Gasteiger partial charge in [-0.15, -0.1) is 11.3 Å². The van der Waals surface area contributed by atoms with E-state index in [1.165, 1.54) is 16.9 Å². The molecule has 0 saturated carbocycles. The van der Waals surface area contributed by atoms with Gasteiger partial charge in [0.25, 0.3) is 0 Å². The third kappa shape index (κ3) is 2.31. The molecule has 0 amide bonds. The van der Waals surface area contributed by atoms with Crippen molar-refractivity contribution in [3.63, 3.8) is 0 Å². The van der Waals surface area contributed by atoms with Gasteiger partial charge in [-0.25, -0.2) is 4.98 Å². The number of thiazole rings is 1. The van der Waals surface area contributed by atoms with Crippen LogP contribution in [0.25, 0.3) is 0 Å². The quantitative estimate of drug-likeness (QED) is 0.926. The summed E-state index contributed by atoms with van der Waals surface area (Å²) < 4.78 is 0.685. The van der Waals surface area contributed by atoms with Crippen LogP contribution >= 0.6 is 22.9 Å². The standard InChI is InChI=1S/C13H13ClN4S/c1-8-3-2-4-9(5-8)18-10(6-17-13(18)15)12-16-7-11(14)19-12/h2-5,7,10H,6H2,1H3,(H2,15,17). The van der Waals surface area contributed by atoms with E-state index < -0.39 is 0 Å². The Bertz CT molecular complexity index is 637. The number of hydrogen-bond donors (Lipinski definition) is 1. The van der Waals surface area contributed by atoms with E-state index in [0.29, 0.717) is 16.8 Å². The molecular formula is C13H13ClN4S. The molecule has 2 aromatic rings. The number of halogens is 1. The number of guanidine groups is 1. The minimum Gasteiger partial charge on any atom is -0.369 e. The number of nitrogens with zero attached hydrogens (tertiary/aromatic N) is 3. The van der Waals surface area contributed by atoms with Crippen LogP contribution in [0.4, 0.5) is 5.69 Å². The number of rotatable bonds is 2. The van der Waals surface area contributed by atoms with Crippen molar-refractivity contribution >= 4 is 34.6 Å². The fourth-order valence-electron chi connectivity index (χ4n) is 2.20. The number of aryl methyl sites for hydroxylation is 1. The van der Waals surface area contributed by atoms with Gasteiger partial charge in [-0.3, -0.25) is 4.99 Å². The van der Waals surface area contributed by atoms with Crippen molar-refractivity contribution in [1.82, 2.24) is 4.98 Å². The molecule has 1 aromatic carbocycles. The Labute approximate surface area is 120 Å². The van der Waals surface area contributed by atoms with Crippen LogP contribution < -0.4 is 10.6 Å². The Balaban J connectivity index is 1.99. The molecule has 0 spiro atoms. The molecule has 0 aliphatic carbocycles. The van der Waals surface area contributed by atoms with E-state index in [0.717, 1.165) is 10.7 Å². The van der Waals surface area contributed by atoms with E-state index in [-0.39, 0.29) is 6.04 Å². The molecule has 1 atom stereocenters. The fraction of sp³-hybridized carbons (Fsp3) is 0.231. The van der Waals surface area contributed by atoms with Crippen LogP contribution in [0, 0.1) is 6.92 Å². The van der Waals surface area contributed by atoms with Gasteiger partial charge < -0.3 is 10.6 Å². The summed E-state index contributed by atoms with van der Waals surface area (Å²) in [7, 11) is 0. The highest BCUT2D eigenvalue weighted by Crippen LogP contribution is 2.34. The summed E-state index contributed by atoms with van der Waals surface area (Å²) in [5, 5.41) is 0.940. The monoisotopic (exact) mass is 292 g/mol. The SMILES string of the molecule is Cc1cccc(N2C(N)=NCC2c2ncc(Cl)s2)c1. The minimum atomic E-state index is 0.0410. The maximum absolute atomic E-state index is 6.02. The molecule has 1 aromatic heterocycles. The molecule has 98 valence electrons. The Morgan fingerprint density at radius 2 is 2.32 bits per heavy atom. The first-order valence-corrected chi connectivity index (χ1v) is 7.11. The van der Waals surface area contributed by atoms with E-state index in [2.05, 4.69) is 29.0 Å². The summed E-state index contributed by atoms with van der Waals surface area (Å²) >= 11 is 7.44. The molecule has 1 unspecified atom stereocenters. The Kier molecular flexibility index (Phi) is 3.16. The number of aliphatic imine (C=N–C) groups is 1. The first-order valence-electron chi connectivity index (χ1n) is 5.92. The zero-order chi connectivity index (χ0) is 13.4. The predicted octanol–water partition coefficient (Wildman–Crippen LogP) is 2.98. The minimum absolute atomic E-state index is 0.0410. The lowest BCUT2D eigenvalue weighted by atomic mass is 10.2. The topological polar surface area (TPSA) is 54.5 Å². The van der Waals surface area contributed by atoms with Crippen molar-refractivity contribution < 1.29 is 0 Å². The molecule has 0 saturated heterocycles. The second-order valence-electron chi connectivity index (χ2n) is 4.43. The van der Waals surface area contributed by atoms with E-state index in [9.17, 15) is 0 Å². The largest absolute Gasteiger partial charge is 0.369 e. The van der Waals surface area contributed by atoms with Gasteiger partial charge >= 0.3 is 0 Å². The molecule has 1 aliphatic rings. The van der Waals surface area contributed by atoms with E-state index in [1.807, 2.05) is 17.0 Å². The average molecular weight is 293 g/mol. The summed E-state index contributed by atoms with van der Waals surface area (Å²) in [5.74, 6) is 0.530. The van der Waals surface area contributed by atoms with Gasteiger partial charge in [0.1, 0.15) is 15.4 Å². The van der Waals surface area contributed by atoms with Crippen LogP contribution in [-0.2, 0) is 0 Å². The van der Waals surface area contributed by atoms with Gasteiger partial charge in [0.05, 0.1) is 12.7 Å². The smallest absolute Gasteiger partial charge is 0.196 e. The van der Waals surface area contributed by atoms with Crippen LogP contribution in [0.2, 0.25) is 4.34 Å². The Hall–Kier alpha value is -1.59. The molecule has 6 heteroatoms. The molecule has 2 N–H and O–H groups in total. The summed E-state index contributed by atoms with van der Waals surface area (Å²) in [6.07, 6.45) is 1.67. The maximum atomic E-state index is 6.02. The van der Waals surface area contributed by atoms with Crippen LogP contribution in [-0.4, -0.2) is 17.5 Å². The highest BCUT2D eigenvalue weighted by molar-refractivity contribution is 7.15. The first kappa shape index (κ1) is 12.4. The van der Waals surface area contributed by atoms with Crippen LogP contribution in [0.3, 0.4) is 0 Å². The van der Waals surface area contributed by atoms with Gasteiger partial charge in [0, 0.05) is 5.69 Å². The lowest BCUT2D eigenvalue weighted by Crippen LogP contribution is -2.36. The molecular weight excluding hydrogens is 280 g/mol. The highest BCUT2D eigenvalue weighted by Gasteiger charge is 2.31. The second kappa shape index (κ2) is 4.83. The molecule has 2 heterocycles. The summed E-state index contributed by atoms with van der Waals surface area (Å²) in [6.45, 7) is 2.67. The van der Waals surface area contributed by atoms with Gasteiger partial charge in [-0.1, -0.05) is 23.7 Å². The molecule has 19 heavy (non-hydrogen) atoms. The van der Waals surface area contributed by atoms with Crippen molar-refractivity contribution in [1.29, 1.82) is 0 Å². The van der Waals surface area contributed by atoms with Crippen molar-refractivity contribution in [2.24, 2.45) is 10.7 Å². The zero-order valence-corrected chi connectivity index (χ0v) is 11.9. The fourth-order valence-corrected chi connectivity index (χ4v) is 3.21. The number of anilines is 1. The Morgan fingerprint density at radius 1 is 1.47 bits per heavy atom. The molecule has 1 aliphatic heterocycles. The van der Waals surface area contributed by atoms with Gasteiger partial charge in [-0.05, 0) is 24.6 Å². The molecule has 0 fully saturated rings. The highest BCUT2D eigenvalue weighted by atomic mass is 35.5. The maximum Gasteiger partial charge on any atom is 0.196 e. The second-order valence-corrected chi connectivity index (χ2v) is 6.12. The van der Waals surface area contributed by atoms with Gasteiger partial charge in [0.2, 0.25) is 0 Å². The third-order valence-corrected chi connectivity index (χ3v) is 4.26. The van der Waals surface area contributed by atoms with Crippen LogP contribution in [0.1, 0.15) is 16.6 Å². The van der Waals surface area contributed by atoms with E-state index >= 15 is 0 Å². The number of hydrogen-bond acceptors (Lipinski definition) is 5. The lowest BCUT2D eigenvalue weighted by Gasteiger charge is -2.25. The van der Waals surface area contributed by atoms with Crippen molar-refractivity contribution in [2.45, 2.75) is 13.0 Å². The number of nitrogens with two attached hydrogens (primary N) is 1. The summed E-state index contributed by atoms with van der Waals surface area (Å²) in [5.41, 5.74) is 8.24. The zero-order valence-electron chi connectivity index (χ0n) is 10.4. The number of benzene rings is 1.